The molecule has 0 saturated heterocycles. The average molecular weight is 136 g/mol. The van der Waals surface area contributed by atoms with Crippen molar-refractivity contribution in [2.75, 3.05) is 0 Å². The molecule has 0 atom stereocenters. The number of hydrogen-bond donors (Lipinski definition) is 0. The molecule has 0 amide bonds. The molecule has 0 unspecified atom stereocenters. The lowest BCUT2D eigenvalue weighted by molar-refractivity contribution is 1.73. The molecule has 0 aliphatic carbocycles. The number of rotatable bonds is 2. The van der Waals surface area contributed by atoms with E-state index in [-0.39, 0.29) is 0 Å². The van der Waals surface area contributed by atoms with Crippen LogP contribution in [0.25, 0.3) is 0 Å². The minimum absolute atomic E-state index is 1.75. The van der Waals surface area contributed by atoms with Crippen LogP contribution in [-0.2, 0) is 0 Å². The van der Waals surface area contributed by atoms with Crippen molar-refractivity contribution < 1.29 is 0 Å². The number of allylic oxidation sites excluding steroid dienone is 6. The van der Waals surface area contributed by atoms with Crippen molar-refractivity contribution in [3.05, 3.63) is 49.6 Å². The number of hydrogen-bond acceptors (Lipinski definition) is 0. The largest absolute Gasteiger partial charge is 0.103 e. The summed E-state index contributed by atoms with van der Waals surface area (Å²) in [6.45, 7) is 10.7. The molecule has 0 bridgehead atoms. The second-order valence-corrected chi connectivity index (χ2v) is 1.55. The van der Waals surface area contributed by atoms with Gasteiger partial charge in [-0.25, -0.2) is 0 Å². The van der Waals surface area contributed by atoms with Gasteiger partial charge in [-0.3, -0.25) is 0 Å². The fraction of sp³-hybridized carbons (Fsp3) is 0.200. The van der Waals surface area contributed by atoms with Crippen molar-refractivity contribution in [3.8, 4) is 0 Å². The quantitative estimate of drug-likeness (QED) is 0.402. The standard InChI is InChI=1S/C7H10.C3H6/c1-3-5-7-6-4-2;1-3-2/h3-7H,1H2,2H3;3H,1H2,2H3/b6-4-,7-5-;. The molecular formula is C10H16. The minimum atomic E-state index is 1.75. The third kappa shape index (κ3) is 28.2. The van der Waals surface area contributed by atoms with Gasteiger partial charge in [-0.15, -0.1) is 6.58 Å². The van der Waals surface area contributed by atoms with E-state index in [4.69, 9.17) is 0 Å². The molecule has 0 aromatic carbocycles. The van der Waals surface area contributed by atoms with E-state index in [1.165, 1.54) is 0 Å². The van der Waals surface area contributed by atoms with Gasteiger partial charge >= 0.3 is 0 Å². The third-order valence-corrected chi connectivity index (χ3v) is 0.551. The van der Waals surface area contributed by atoms with Gasteiger partial charge < -0.3 is 0 Å². The van der Waals surface area contributed by atoms with E-state index in [1.807, 2.05) is 38.2 Å². The monoisotopic (exact) mass is 136 g/mol. The lowest BCUT2D eigenvalue weighted by atomic mass is 10.4. The zero-order chi connectivity index (χ0) is 8.24. The maximum Gasteiger partial charge on any atom is -0.0467 e. The van der Waals surface area contributed by atoms with Gasteiger partial charge in [-0.05, 0) is 13.8 Å². The Kier molecular flexibility index (Phi) is 18.4. The minimum Gasteiger partial charge on any atom is -0.103 e. The highest BCUT2D eigenvalue weighted by Gasteiger charge is 1.52. The molecular weight excluding hydrogens is 120 g/mol. The predicted molar refractivity (Wildman–Crippen MR) is 50.0 cm³/mol. The molecule has 0 radical (unpaired) electrons. The lowest BCUT2D eigenvalue weighted by Gasteiger charge is -1.65. The first kappa shape index (κ1) is 11.7. The zero-order valence-electron chi connectivity index (χ0n) is 6.88. The van der Waals surface area contributed by atoms with E-state index >= 15 is 0 Å². The van der Waals surface area contributed by atoms with Crippen LogP contribution in [0.3, 0.4) is 0 Å². The Bertz CT molecular complexity index is 116. The highest BCUT2D eigenvalue weighted by Crippen LogP contribution is 1.74. The van der Waals surface area contributed by atoms with E-state index in [1.54, 1.807) is 12.2 Å². The van der Waals surface area contributed by atoms with Crippen molar-refractivity contribution in [2.24, 2.45) is 0 Å². The normalized spacial score (nSPS) is 9.00. The zero-order valence-corrected chi connectivity index (χ0v) is 6.88. The van der Waals surface area contributed by atoms with Gasteiger partial charge in [0.1, 0.15) is 0 Å². The summed E-state index contributed by atoms with van der Waals surface area (Å²) in [5.74, 6) is 0. The van der Waals surface area contributed by atoms with Crippen LogP contribution >= 0.6 is 0 Å². The van der Waals surface area contributed by atoms with Crippen molar-refractivity contribution in [3.63, 3.8) is 0 Å². The van der Waals surface area contributed by atoms with Crippen molar-refractivity contribution in [2.45, 2.75) is 13.8 Å². The van der Waals surface area contributed by atoms with Crippen LogP contribution in [0.1, 0.15) is 13.8 Å². The first-order chi connectivity index (χ1) is 4.83. The van der Waals surface area contributed by atoms with Gasteiger partial charge in [0.05, 0.1) is 0 Å². The summed E-state index contributed by atoms with van der Waals surface area (Å²) in [5, 5.41) is 0. The maximum absolute atomic E-state index is 3.51. The summed E-state index contributed by atoms with van der Waals surface area (Å²) in [7, 11) is 0. The molecule has 0 nitrogen and oxygen atoms in total. The van der Waals surface area contributed by atoms with Crippen LogP contribution in [0.15, 0.2) is 49.6 Å². The van der Waals surface area contributed by atoms with E-state index < -0.39 is 0 Å². The summed E-state index contributed by atoms with van der Waals surface area (Å²) >= 11 is 0. The molecule has 0 rings (SSSR count). The Morgan fingerprint density at radius 2 is 1.40 bits per heavy atom. The van der Waals surface area contributed by atoms with Crippen LogP contribution in [0.2, 0.25) is 0 Å². The van der Waals surface area contributed by atoms with Gasteiger partial charge in [-0.1, -0.05) is 43.0 Å². The van der Waals surface area contributed by atoms with Gasteiger partial charge in [0, 0.05) is 0 Å². The van der Waals surface area contributed by atoms with Crippen LogP contribution in [0, 0.1) is 0 Å². The highest BCUT2D eigenvalue weighted by molar-refractivity contribution is 5.07. The molecule has 0 aromatic heterocycles. The Morgan fingerprint density at radius 1 is 0.900 bits per heavy atom. The first-order valence-electron chi connectivity index (χ1n) is 3.30. The smallest absolute Gasteiger partial charge is 0.0467 e. The molecule has 0 N–H and O–H groups in total. The van der Waals surface area contributed by atoms with Crippen LogP contribution < -0.4 is 0 Å². The van der Waals surface area contributed by atoms with Crippen LogP contribution in [-0.4, -0.2) is 0 Å². The Balaban J connectivity index is 0. The summed E-state index contributed by atoms with van der Waals surface area (Å²) in [5.41, 5.74) is 0. The van der Waals surface area contributed by atoms with E-state index in [0.717, 1.165) is 0 Å². The molecule has 0 spiro atoms. The van der Waals surface area contributed by atoms with E-state index in [0.29, 0.717) is 0 Å². The summed E-state index contributed by atoms with van der Waals surface area (Å²) < 4.78 is 0. The van der Waals surface area contributed by atoms with Crippen molar-refractivity contribution in [1.29, 1.82) is 0 Å². The van der Waals surface area contributed by atoms with Crippen molar-refractivity contribution in [1.82, 2.24) is 0 Å². The van der Waals surface area contributed by atoms with Crippen molar-refractivity contribution >= 4 is 0 Å². The predicted octanol–water partition coefficient (Wildman–Crippen LogP) is 3.50. The lowest BCUT2D eigenvalue weighted by Crippen LogP contribution is -1.43. The molecule has 0 heteroatoms. The molecule has 0 saturated carbocycles. The Hall–Kier alpha value is -1.04. The summed E-state index contributed by atoms with van der Waals surface area (Å²) in [4.78, 5) is 0. The van der Waals surface area contributed by atoms with Gasteiger partial charge in [0.15, 0.2) is 0 Å². The highest BCUT2D eigenvalue weighted by atomic mass is 13.6. The molecule has 0 aromatic rings. The SMILES string of the molecule is C=C/C=C\C=C/C.C=CC. The van der Waals surface area contributed by atoms with Crippen LogP contribution in [0.5, 0.6) is 0 Å². The summed E-state index contributed by atoms with van der Waals surface area (Å²) in [6.07, 6.45) is 11.3. The fourth-order valence-corrected chi connectivity index (χ4v) is 0.254. The Labute approximate surface area is 64.3 Å². The molecule has 0 heterocycles. The van der Waals surface area contributed by atoms with E-state index in [2.05, 4.69) is 13.2 Å². The molecule has 0 aliphatic heterocycles. The summed E-state index contributed by atoms with van der Waals surface area (Å²) in [6, 6.07) is 0. The second kappa shape index (κ2) is 15.7. The van der Waals surface area contributed by atoms with E-state index in [9.17, 15) is 0 Å². The van der Waals surface area contributed by atoms with Gasteiger partial charge in [-0.2, -0.15) is 0 Å². The second-order valence-electron chi connectivity index (χ2n) is 1.55. The average Bonchev–Trinajstić information content (AvgIpc) is 1.91. The van der Waals surface area contributed by atoms with Crippen LogP contribution in [0.4, 0.5) is 0 Å². The molecule has 10 heavy (non-hydrogen) atoms. The topological polar surface area (TPSA) is 0 Å². The Morgan fingerprint density at radius 3 is 1.70 bits per heavy atom. The maximum atomic E-state index is 3.51. The fourth-order valence-electron chi connectivity index (χ4n) is 0.254. The molecule has 0 fully saturated rings. The molecule has 56 valence electrons. The molecule has 0 aliphatic rings. The van der Waals surface area contributed by atoms with Gasteiger partial charge in [0.25, 0.3) is 0 Å². The first-order valence-corrected chi connectivity index (χ1v) is 3.30. The van der Waals surface area contributed by atoms with Gasteiger partial charge in [0.2, 0.25) is 0 Å². The third-order valence-electron chi connectivity index (χ3n) is 0.551.